The molecule has 2 heterocycles. The van der Waals surface area contributed by atoms with E-state index >= 15 is 0 Å². The van der Waals surface area contributed by atoms with Gasteiger partial charge in [-0.05, 0) is 18.6 Å². The van der Waals surface area contributed by atoms with Crippen molar-refractivity contribution in [1.82, 2.24) is 15.1 Å². The molecule has 0 amide bonds. The van der Waals surface area contributed by atoms with Crippen LogP contribution in [-0.2, 0) is 6.42 Å². The molecule has 2 rings (SSSR count). The maximum Gasteiger partial charge on any atom is 0.243 e. The van der Waals surface area contributed by atoms with Gasteiger partial charge in [0.05, 0.1) is 12.5 Å². The highest BCUT2D eigenvalue weighted by atomic mass is 16.5. The summed E-state index contributed by atoms with van der Waals surface area (Å²) in [5.74, 6) is 1.16. The van der Waals surface area contributed by atoms with Crippen LogP contribution in [0.2, 0.25) is 0 Å². The summed E-state index contributed by atoms with van der Waals surface area (Å²) in [5, 5.41) is 3.93. The van der Waals surface area contributed by atoms with E-state index in [0.717, 1.165) is 25.0 Å². The van der Waals surface area contributed by atoms with Crippen LogP contribution in [0, 0.1) is 0 Å². The van der Waals surface area contributed by atoms with Crippen molar-refractivity contribution in [3.8, 4) is 0 Å². The number of pyridine rings is 1. The van der Waals surface area contributed by atoms with Gasteiger partial charge in [-0.15, -0.1) is 0 Å². The van der Waals surface area contributed by atoms with Gasteiger partial charge < -0.3 is 10.3 Å². The molecule has 0 spiro atoms. The highest BCUT2D eigenvalue weighted by Crippen LogP contribution is 2.15. The molecule has 0 fully saturated rings. The van der Waals surface area contributed by atoms with Gasteiger partial charge in [-0.2, -0.15) is 4.98 Å². The van der Waals surface area contributed by atoms with Gasteiger partial charge in [0, 0.05) is 11.9 Å². The molecule has 2 aromatic heterocycles. The molecule has 0 radical (unpaired) electrons. The number of hydrogen-bond donors (Lipinski definition) is 1. The van der Waals surface area contributed by atoms with Crippen molar-refractivity contribution < 1.29 is 4.52 Å². The van der Waals surface area contributed by atoms with Crippen molar-refractivity contribution in [2.75, 3.05) is 0 Å². The zero-order valence-corrected chi connectivity index (χ0v) is 10.5. The fraction of sp³-hybridized carbons (Fsp3) is 0.462. The summed E-state index contributed by atoms with van der Waals surface area (Å²) in [4.78, 5) is 8.54. The first-order valence-corrected chi connectivity index (χ1v) is 6.27. The standard InChI is InChI=1S/C13H18N4O/c1-2-3-7-11(14)13-16-12(17-18-13)9-10-6-4-5-8-15-10/h4-6,8,11H,2-3,7,9,14H2,1H3. The first kappa shape index (κ1) is 12.7. The molecule has 0 aliphatic heterocycles. The van der Waals surface area contributed by atoms with E-state index in [9.17, 15) is 0 Å². The smallest absolute Gasteiger partial charge is 0.243 e. The molecule has 0 aromatic carbocycles. The molecule has 18 heavy (non-hydrogen) atoms. The van der Waals surface area contributed by atoms with Crippen molar-refractivity contribution in [3.05, 3.63) is 41.8 Å². The highest BCUT2D eigenvalue weighted by molar-refractivity contribution is 5.09. The van der Waals surface area contributed by atoms with Crippen LogP contribution in [0.5, 0.6) is 0 Å². The van der Waals surface area contributed by atoms with Gasteiger partial charge in [-0.3, -0.25) is 4.98 Å². The number of hydrogen-bond acceptors (Lipinski definition) is 5. The van der Waals surface area contributed by atoms with E-state index < -0.39 is 0 Å². The average molecular weight is 246 g/mol. The minimum atomic E-state index is -0.157. The minimum Gasteiger partial charge on any atom is -0.338 e. The van der Waals surface area contributed by atoms with Crippen LogP contribution in [0.4, 0.5) is 0 Å². The number of aromatic nitrogens is 3. The molecular weight excluding hydrogens is 228 g/mol. The number of rotatable bonds is 6. The van der Waals surface area contributed by atoms with E-state index in [1.807, 2.05) is 18.2 Å². The Morgan fingerprint density at radius 2 is 2.28 bits per heavy atom. The largest absolute Gasteiger partial charge is 0.338 e. The predicted molar refractivity (Wildman–Crippen MR) is 67.8 cm³/mol. The molecule has 5 heteroatoms. The highest BCUT2D eigenvalue weighted by Gasteiger charge is 2.14. The van der Waals surface area contributed by atoms with E-state index in [2.05, 4.69) is 22.0 Å². The second-order valence-corrected chi connectivity index (χ2v) is 4.30. The molecule has 0 aliphatic carbocycles. The van der Waals surface area contributed by atoms with Crippen LogP contribution in [-0.4, -0.2) is 15.1 Å². The molecule has 1 atom stereocenters. The normalized spacial score (nSPS) is 12.6. The van der Waals surface area contributed by atoms with Crippen molar-refractivity contribution in [2.45, 2.75) is 38.6 Å². The second-order valence-electron chi connectivity index (χ2n) is 4.30. The molecule has 96 valence electrons. The van der Waals surface area contributed by atoms with Crippen LogP contribution in [0.1, 0.15) is 49.6 Å². The van der Waals surface area contributed by atoms with Crippen LogP contribution in [0.15, 0.2) is 28.9 Å². The summed E-state index contributed by atoms with van der Waals surface area (Å²) in [6.45, 7) is 2.13. The lowest BCUT2D eigenvalue weighted by Gasteiger charge is -2.03. The number of nitrogens with zero attached hydrogens (tertiary/aromatic N) is 3. The Bertz CT molecular complexity index is 469. The first-order chi connectivity index (χ1) is 8.79. The van der Waals surface area contributed by atoms with Crippen LogP contribution in [0.3, 0.4) is 0 Å². The molecule has 2 aromatic rings. The lowest BCUT2D eigenvalue weighted by atomic mass is 10.1. The molecule has 0 saturated carbocycles. The lowest BCUT2D eigenvalue weighted by Crippen LogP contribution is -2.10. The molecule has 0 aliphatic rings. The summed E-state index contributed by atoms with van der Waals surface area (Å²) < 4.78 is 5.18. The minimum absolute atomic E-state index is 0.157. The molecule has 0 bridgehead atoms. The van der Waals surface area contributed by atoms with Gasteiger partial charge in [-0.25, -0.2) is 0 Å². The van der Waals surface area contributed by atoms with Crippen molar-refractivity contribution >= 4 is 0 Å². The second kappa shape index (κ2) is 6.26. The SMILES string of the molecule is CCCCC(N)c1nc(Cc2ccccn2)no1. The third-order valence-electron chi connectivity index (χ3n) is 2.74. The van der Waals surface area contributed by atoms with E-state index in [1.165, 1.54) is 0 Å². The fourth-order valence-corrected chi connectivity index (χ4v) is 1.70. The Hall–Kier alpha value is -1.75. The fourth-order valence-electron chi connectivity index (χ4n) is 1.70. The Kier molecular flexibility index (Phi) is 4.41. The van der Waals surface area contributed by atoms with Crippen LogP contribution in [0.25, 0.3) is 0 Å². The van der Waals surface area contributed by atoms with Gasteiger partial charge in [0.25, 0.3) is 0 Å². The third kappa shape index (κ3) is 3.37. The van der Waals surface area contributed by atoms with Gasteiger partial charge in [0.2, 0.25) is 5.89 Å². The van der Waals surface area contributed by atoms with Crippen LogP contribution < -0.4 is 5.73 Å². The molecule has 2 N–H and O–H groups in total. The Balaban J connectivity index is 1.98. The van der Waals surface area contributed by atoms with Crippen molar-refractivity contribution in [2.24, 2.45) is 5.73 Å². The van der Waals surface area contributed by atoms with Crippen molar-refractivity contribution in [1.29, 1.82) is 0 Å². The van der Waals surface area contributed by atoms with Crippen molar-refractivity contribution in [3.63, 3.8) is 0 Å². The maximum absolute atomic E-state index is 5.98. The molecule has 0 saturated heterocycles. The molecule has 1 unspecified atom stereocenters. The van der Waals surface area contributed by atoms with Gasteiger partial charge in [-0.1, -0.05) is 31.0 Å². The van der Waals surface area contributed by atoms with E-state index in [-0.39, 0.29) is 6.04 Å². The average Bonchev–Trinajstić information content (AvgIpc) is 2.86. The predicted octanol–water partition coefficient (Wildman–Crippen LogP) is 2.25. The lowest BCUT2D eigenvalue weighted by molar-refractivity contribution is 0.343. The van der Waals surface area contributed by atoms with E-state index in [4.69, 9.17) is 10.3 Å². The zero-order valence-electron chi connectivity index (χ0n) is 10.5. The first-order valence-electron chi connectivity index (χ1n) is 6.27. The number of nitrogens with two attached hydrogens (primary N) is 1. The summed E-state index contributed by atoms with van der Waals surface area (Å²) in [7, 11) is 0. The molecule has 5 nitrogen and oxygen atoms in total. The Morgan fingerprint density at radius 1 is 1.39 bits per heavy atom. The zero-order chi connectivity index (χ0) is 12.8. The molecular formula is C13H18N4O. The van der Waals surface area contributed by atoms with Gasteiger partial charge in [0.1, 0.15) is 0 Å². The van der Waals surface area contributed by atoms with E-state index in [0.29, 0.717) is 18.1 Å². The van der Waals surface area contributed by atoms with Gasteiger partial charge >= 0.3 is 0 Å². The summed E-state index contributed by atoms with van der Waals surface area (Å²) in [5.41, 5.74) is 6.90. The maximum atomic E-state index is 5.98. The topological polar surface area (TPSA) is 77.8 Å². The quantitative estimate of drug-likeness (QED) is 0.845. The third-order valence-corrected chi connectivity index (χ3v) is 2.74. The van der Waals surface area contributed by atoms with Crippen LogP contribution >= 0.6 is 0 Å². The summed E-state index contributed by atoms with van der Waals surface area (Å²) in [6.07, 6.45) is 5.39. The Labute approximate surface area is 106 Å². The Morgan fingerprint density at radius 3 is 3.00 bits per heavy atom. The van der Waals surface area contributed by atoms with Gasteiger partial charge in [0.15, 0.2) is 5.82 Å². The monoisotopic (exact) mass is 246 g/mol. The number of unbranched alkanes of at least 4 members (excludes halogenated alkanes) is 1. The summed E-state index contributed by atoms with van der Waals surface area (Å²) >= 11 is 0. The van der Waals surface area contributed by atoms with E-state index in [1.54, 1.807) is 6.20 Å². The summed E-state index contributed by atoms with van der Waals surface area (Å²) in [6, 6.07) is 5.60.